The molecule has 1 aliphatic rings. The predicted octanol–water partition coefficient (Wildman–Crippen LogP) is 3.46. The zero-order chi connectivity index (χ0) is 18.6. The molecule has 1 aliphatic heterocycles. The van der Waals surface area contributed by atoms with Crippen LogP contribution in [0.4, 0.5) is 10.8 Å². The number of hydrogen-bond acceptors (Lipinski definition) is 6. The summed E-state index contributed by atoms with van der Waals surface area (Å²) in [6.45, 7) is 5.23. The molecule has 0 aliphatic carbocycles. The van der Waals surface area contributed by atoms with E-state index in [0.29, 0.717) is 10.9 Å². The first-order chi connectivity index (χ1) is 13.2. The van der Waals surface area contributed by atoms with Crippen LogP contribution in [0.1, 0.15) is 5.56 Å². The lowest BCUT2D eigenvalue weighted by molar-refractivity contribution is -0.118. The van der Waals surface area contributed by atoms with Crippen LogP contribution in [-0.4, -0.2) is 43.8 Å². The Morgan fingerprint density at radius 3 is 2.93 bits per heavy atom. The summed E-state index contributed by atoms with van der Waals surface area (Å²) in [6.07, 6.45) is 0. The highest BCUT2D eigenvalue weighted by Crippen LogP contribution is 2.30. The lowest BCUT2D eigenvalue weighted by atomic mass is 10.2. The van der Waals surface area contributed by atoms with E-state index in [1.807, 2.05) is 37.3 Å². The lowest BCUT2D eigenvalue weighted by Crippen LogP contribution is -2.36. The fraction of sp³-hybridized carbons (Fsp3) is 0.300. The fourth-order valence-electron chi connectivity index (χ4n) is 2.99. The zero-order valence-electron chi connectivity index (χ0n) is 15.1. The number of rotatable bonds is 5. The maximum atomic E-state index is 12.2. The third-order valence-electron chi connectivity index (χ3n) is 4.35. The molecule has 1 amide bonds. The van der Waals surface area contributed by atoms with Crippen molar-refractivity contribution in [2.45, 2.75) is 6.92 Å². The molecule has 140 valence electrons. The van der Waals surface area contributed by atoms with Gasteiger partial charge in [-0.05, 0) is 42.8 Å². The lowest BCUT2D eigenvalue weighted by Gasteiger charge is -2.28. The number of benzene rings is 2. The number of ether oxygens (including phenoxy) is 2. The third-order valence-corrected chi connectivity index (χ3v) is 5.29. The summed E-state index contributed by atoms with van der Waals surface area (Å²) in [5.41, 5.74) is 3.14. The first kappa shape index (κ1) is 17.8. The molecule has 0 saturated carbocycles. The monoisotopic (exact) mass is 383 g/mol. The van der Waals surface area contributed by atoms with E-state index in [2.05, 4.69) is 27.3 Å². The van der Waals surface area contributed by atoms with E-state index in [4.69, 9.17) is 9.47 Å². The van der Waals surface area contributed by atoms with Crippen molar-refractivity contribution in [2.24, 2.45) is 0 Å². The molecule has 27 heavy (non-hydrogen) atoms. The van der Waals surface area contributed by atoms with Gasteiger partial charge in [0.1, 0.15) is 5.75 Å². The Labute approximate surface area is 161 Å². The van der Waals surface area contributed by atoms with Crippen molar-refractivity contribution in [1.82, 2.24) is 4.98 Å². The Morgan fingerprint density at radius 2 is 2.11 bits per heavy atom. The number of anilines is 2. The van der Waals surface area contributed by atoms with Gasteiger partial charge in [0.05, 0.1) is 23.4 Å². The number of carbonyl (C=O) groups excluding carboxylic acids is 1. The molecule has 3 aromatic rings. The van der Waals surface area contributed by atoms with Gasteiger partial charge in [0.25, 0.3) is 5.91 Å². The molecule has 2 heterocycles. The zero-order valence-corrected chi connectivity index (χ0v) is 15.9. The molecule has 2 aromatic carbocycles. The van der Waals surface area contributed by atoms with Gasteiger partial charge in [-0.25, -0.2) is 4.98 Å². The van der Waals surface area contributed by atoms with Crippen LogP contribution < -0.4 is 15.0 Å². The van der Waals surface area contributed by atoms with Crippen LogP contribution in [-0.2, 0) is 9.53 Å². The summed E-state index contributed by atoms with van der Waals surface area (Å²) in [4.78, 5) is 19.0. The second kappa shape index (κ2) is 7.94. The van der Waals surface area contributed by atoms with Gasteiger partial charge in [-0.15, -0.1) is 0 Å². The molecular formula is C20H21N3O3S. The Balaban J connectivity index is 1.40. The summed E-state index contributed by atoms with van der Waals surface area (Å²) in [5.74, 6) is 0.466. The van der Waals surface area contributed by atoms with Crippen molar-refractivity contribution in [2.75, 3.05) is 43.1 Å². The average molecular weight is 383 g/mol. The van der Waals surface area contributed by atoms with E-state index in [-0.39, 0.29) is 12.5 Å². The maximum Gasteiger partial charge on any atom is 0.264 e. The van der Waals surface area contributed by atoms with Gasteiger partial charge in [-0.1, -0.05) is 23.5 Å². The van der Waals surface area contributed by atoms with E-state index < -0.39 is 0 Å². The number of amides is 1. The molecule has 6 nitrogen and oxygen atoms in total. The Bertz CT molecular complexity index is 951. The molecule has 1 fully saturated rings. The van der Waals surface area contributed by atoms with Crippen molar-refractivity contribution in [1.29, 1.82) is 0 Å². The number of nitrogens with zero attached hydrogens (tertiary/aromatic N) is 2. The van der Waals surface area contributed by atoms with Crippen LogP contribution in [0.3, 0.4) is 0 Å². The minimum Gasteiger partial charge on any atom is -0.484 e. The first-order valence-electron chi connectivity index (χ1n) is 8.90. The van der Waals surface area contributed by atoms with E-state index >= 15 is 0 Å². The van der Waals surface area contributed by atoms with Crippen LogP contribution in [0, 0.1) is 6.92 Å². The number of morpholine rings is 1. The number of carbonyl (C=O) groups is 1. The smallest absolute Gasteiger partial charge is 0.264 e. The molecule has 1 N–H and O–H groups in total. The van der Waals surface area contributed by atoms with Crippen molar-refractivity contribution in [3.63, 3.8) is 0 Å². The highest BCUT2D eigenvalue weighted by Gasteiger charge is 2.14. The first-order valence-corrected chi connectivity index (χ1v) is 9.72. The quantitative estimate of drug-likeness (QED) is 0.731. The van der Waals surface area contributed by atoms with Crippen molar-refractivity contribution < 1.29 is 14.3 Å². The molecule has 1 saturated heterocycles. The van der Waals surface area contributed by atoms with E-state index in [1.54, 1.807) is 0 Å². The molecular weight excluding hydrogens is 362 g/mol. The van der Waals surface area contributed by atoms with Crippen molar-refractivity contribution in [3.05, 3.63) is 48.0 Å². The largest absolute Gasteiger partial charge is 0.484 e. The summed E-state index contributed by atoms with van der Waals surface area (Å²) < 4.78 is 12.0. The van der Waals surface area contributed by atoms with Gasteiger partial charge in [-0.2, -0.15) is 0 Å². The Kier molecular flexibility index (Phi) is 5.22. The number of thiazole rings is 1. The number of fused-ring (bicyclic) bond motifs is 1. The Morgan fingerprint density at radius 1 is 1.26 bits per heavy atom. The molecule has 0 spiro atoms. The fourth-order valence-corrected chi connectivity index (χ4v) is 3.91. The van der Waals surface area contributed by atoms with E-state index in [1.165, 1.54) is 11.3 Å². The van der Waals surface area contributed by atoms with Crippen molar-refractivity contribution >= 4 is 38.3 Å². The summed E-state index contributed by atoms with van der Waals surface area (Å²) >= 11 is 1.47. The van der Waals surface area contributed by atoms with Crippen LogP contribution in [0.15, 0.2) is 42.5 Å². The number of aryl methyl sites for hydroxylation is 1. The van der Waals surface area contributed by atoms with Gasteiger partial charge >= 0.3 is 0 Å². The number of nitrogens with one attached hydrogen (secondary N) is 1. The molecule has 0 radical (unpaired) electrons. The van der Waals surface area contributed by atoms with Crippen LogP contribution in [0.2, 0.25) is 0 Å². The highest BCUT2D eigenvalue weighted by atomic mass is 32.1. The summed E-state index contributed by atoms with van der Waals surface area (Å²) in [6, 6.07) is 13.8. The summed E-state index contributed by atoms with van der Waals surface area (Å²) in [5, 5.41) is 3.41. The topological polar surface area (TPSA) is 63.7 Å². The summed E-state index contributed by atoms with van der Waals surface area (Å²) in [7, 11) is 0. The average Bonchev–Trinajstić information content (AvgIpc) is 3.08. The molecule has 0 bridgehead atoms. The second-order valence-corrected chi connectivity index (χ2v) is 7.45. The van der Waals surface area contributed by atoms with Gasteiger partial charge in [0.2, 0.25) is 0 Å². The van der Waals surface area contributed by atoms with Crippen LogP contribution in [0.25, 0.3) is 10.2 Å². The Hall–Kier alpha value is -2.64. The van der Waals surface area contributed by atoms with Crippen molar-refractivity contribution in [3.8, 4) is 5.75 Å². The van der Waals surface area contributed by atoms with Gasteiger partial charge < -0.3 is 14.4 Å². The standard InChI is InChI=1S/C20H21N3O3S/c1-14-3-2-4-16(11-14)26-13-19(24)22-20-21-17-6-5-15(12-18(17)27-20)23-7-9-25-10-8-23/h2-6,11-12H,7-10,13H2,1H3,(H,21,22,24). The number of hydrogen-bond donors (Lipinski definition) is 1. The molecule has 1 aromatic heterocycles. The SMILES string of the molecule is Cc1cccc(OCC(=O)Nc2nc3ccc(N4CCOCC4)cc3s2)c1. The van der Waals surface area contributed by atoms with Gasteiger partial charge in [-0.3, -0.25) is 10.1 Å². The minimum atomic E-state index is -0.219. The maximum absolute atomic E-state index is 12.2. The minimum absolute atomic E-state index is 0.0432. The highest BCUT2D eigenvalue weighted by molar-refractivity contribution is 7.22. The molecule has 0 atom stereocenters. The normalized spacial score (nSPS) is 14.3. The van der Waals surface area contributed by atoms with Crippen LogP contribution >= 0.6 is 11.3 Å². The molecule has 0 unspecified atom stereocenters. The van der Waals surface area contributed by atoms with Crippen LogP contribution in [0.5, 0.6) is 5.75 Å². The molecule has 7 heteroatoms. The number of aromatic nitrogens is 1. The van der Waals surface area contributed by atoms with E-state index in [9.17, 15) is 4.79 Å². The second-order valence-electron chi connectivity index (χ2n) is 6.42. The van der Waals surface area contributed by atoms with Gasteiger partial charge in [0, 0.05) is 18.8 Å². The predicted molar refractivity (Wildman–Crippen MR) is 108 cm³/mol. The van der Waals surface area contributed by atoms with Gasteiger partial charge in [0.15, 0.2) is 11.7 Å². The molecule has 4 rings (SSSR count). The van der Waals surface area contributed by atoms with E-state index in [0.717, 1.165) is 47.8 Å². The third kappa shape index (κ3) is 4.37.